The molecule has 19 heavy (non-hydrogen) atoms. The van der Waals surface area contributed by atoms with Gasteiger partial charge in [-0.05, 0) is 23.6 Å². The highest BCUT2D eigenvalue weighted by Gasteiger charge is 2.16. The van der Waals surface area contributed by atoms with Crippen LogP contribution < -0.4 is 5.32 Å². The fourth-order valence-corrected chi connectivity index (χ4v) is 2.85. The molecule has 0 saturated heterocycles. The lowest BCUT2D eigenvalue weighted by Crippen LogP contribution is -2.28. The SMILES string of the molecule is O=C(NC[C@H](O)c1cccs1)c1c(Cl)cccc1Cl. The molecule has 3 nitrogen and oxygen atoms in total. The molecule has 100 valence electrons. The Balaban J connectivity index is 2.02. The number of benzene rings is 1. The van der Waals surface area contributed by atoms with E-state index in [1.165, 1.54) is 11.3 Å². The molecule has 0 aliphatic rings. The Bertz CT molecular complexity index is 552. The van der Waals surface area contributed by atoms with E-state index in [1.54, 1.807) is 18.2 Å². The zero-order valence-electron chi connectivity index (χ0n) is 9.77. The molecule has 0 radical (unpaired) electrons. The molecule has 0 fully saturated rings. The third-order valence-electron chi connectivity index (χ3n) is 2.52. The first-order chi connectivity index (χ1) is 9.09. The standard InChI is InChI=1S/C13H11Cl2NO2S/c14-8-3-1-4-9(15)12(8)13(18)16-7-10(17)11-5-2-6-19-11/h1-6,10,17H,7H2,(H,16,18)/t10-/m0/s1. The van der Waals surface area contributed by atoms with E-state index < -0.39 is 12.0 Å². The summed E-state index contributed by atoms with van der Waals surface area (Å²) in [5.41, 5.74) is 0.226. The van der Waals surface area contributed by atoms with Crippen molar-refractivity contribution in [2.75, 3.05) is 6.54 Å². The largest absolute Gasteiger partial charge is 0.386 e. The number of nitrogens with one attached hydrogen (secondary N) is 1. The molecule has 0 unspecified atom stereocenters. The van der Waals surface area contributed by atoms with Crippen LogP contribution in [-0.4, -0.2) is 17.6 Å². The first-order valence-corrected chi connectivity index (χ1v) is 7.17. The second-order valence-electron chi connectivity index (χ2n) is 3.84. The fourth-order valence-electron chi connectivity index (χ4n) is 1.57. The molecule has 1 aromatic heterocycles. The van der Waals surface area contributed by atoms with E-state index in [9.17, 15) is 9.90 Å². The summed E-state index contributed by atoms with van der Waals surface area (Å²) in [6.45, 7) is 0.112. The molecule has 2 aromatic rings. The molecule has 1 heterocycles. The van der Waals surface area contributed by atoms with Crippen molar-refractivity contribution in [2.45, 2.75) is 6.10 Å². The van der Waals surface area contributed by atoms with Crippen molar-refractivity contribution in [1.82, 2.24) is 5.32 Å². The number of hydrogen-bond donors (Lipinski definition) is 2. The third kappa shape index (κ3) is 3.48. The maximum absolute atomic E-state index is 12.0. The monoisotopic (exact) mass is 315 g/mol. The summed E-state index contributed by atoms with van der Waals surface area (Å²) in [5, 5.41) is 14.9. The van der Waals surface area contributed by atoms with Gasteiger partial charge in [0.1, 0.15) is 6.10 Å². The predicted molar refractivity (Wildman–Crippen MR) is 78.1 cm³/mol. The van der Waals surface area contributed by atoms with Gasteiger partial charge in [0.05, 0.1) is 15.6 Å². The highest BCUT2D eigenvalue weighted by molar-refractivity contribution is 7.10. The predicted octanol–water partition coefficient (Wildman–Crippen LogP) is 3.52. The van der Waals surface area contributed by atoms with Crippen LogP contribution in [0.3, 0.4) is 0 Å². The average Bonchev–Trinajstić information content (AvgIpc) is 2.89. The van der Waals surface area contributed by atoms with Crippen LogP contribution in [0.4, 0.5) is 0 Å². The number of carbonyl (C=O) groups is 1. The molecule has 0 saturated carbocycles. The number of amides is 1. The number of hydrogen-bond acceptors (Lipinski definition) is 3. The summed E-state index contributed by atoms with van der Waals surface area (Å²) in [5.74, 6) is -0.397. The van der Waals surface area contributed by atoms with Crippen molar-refractivity contribution in [3.05, 3.63) is 56.2 Å². The maximum Gasteiger partial charge on any atom is 0.254 e. The van der Waals surface area contributed by atoms with Gasteiger partial charge in [0, 0.05) is 11.4 Å². The van der Waals surface area contributed by atoms with E-state index in [2.05, 4.69) is 5.32 Å². The van der Waals surface area contributed by atoms with Gasteiger partial charge >= 0.3 is 0 Å². The molecule has 1 amide bonds. The molecule has 6 heteroatoms. The van der Waals surface area contributed by atoms with Crippen LogP contribution in [0.25, 0.3) is 0 Å². The van der Waals surface area contributed by atoms with E-state index in [0.29, 0.717) is 0 Å². The third-order valence-corrected chi connectivity index (χ3v) is 4.12. The Kier molecular flexibility index (Phi) is 4.82. The van der Waals surface area contributed by atoms with Crippen molar-refractivity contribution < 1.29 is 9.90 Å². The fraction of sp³-hybridized carbons (Fsp3) is 0.154. The zero-order chi connectivity index (χ0) is 13.8. The summed E-state index contributed by atoms with van der Waals surface area (Å²) in [4.78, 5) is 12.8. The van der Waals surface area contributed by atoms with Gasteiger partial charge in [-0.15, -0.1) is 11.3 Å². The summed E-state index contributed by atoms with van der Waals surface area (Å²) >= 11 is 13.3. The van der Waals surface area contributed by atoms with Gasteiger partial charge < -0.3 is 10.4 Å². The van der Waals surface area contributed by atoms with Gasteiger partial charge in [-0.1, -0.05) is 35.3 Å². The first-order valence-electron chi connectivity index (χ1n) is 5.53. The Morgan fingerprint density at radius 2 is 1.95 bits per heavy atom. The van der Waals surface area contributed by atoms with Gasteiger partial charge in [-0.25, -0.2) is 0 Å². The van der Waals surface area contributed by atoms with E-state index in [-0.39, 0.29) is 22.2 Å². The maximum atomic E-state index is 12.0. The number of aliphatic hydroxyl groups excluding tert-OH is 1. The van der Waals surface area contributed by atoms with Crippen molar-refractivity contribution in [3.8, 4) is 0 Å². The van der Waals surface area contributed by atoms with Crippen molar-refractivity contribution in [2.24, 2.45) is 0 Å². The molecule has 0 spiro atoms. The van der Waals surface area contributed by atoms with Crippen LogP contribution in [-0.2, 0) is 0 Å². The van der Waals surface area contributed by atoms with Crippen LogP contribution in [0.2, 0.25) is 10.0 Å². The molecular weight excluding hydrogens is 305 g/mol. The number of rotatable bonds is 4. The van der Waals surface area contributed by atoms with E-state index in [4.69, 9.17) is 23.2 Å². The summed E-state index contributed by atoms with van der Waals surface area (Å²) in [6, 6.07) is 8.51. The molecule has 1 aromatic carbocycles. The van der Waals surface area contributed by atoms with E-state index >= 15 is 0 Å². The van der Waals surface area contributed by atoms with Crippen molar-refractivity contribution in [3.63, 3.8) is 0 Å². The average molecular weight is 316 g/mol. The molecular formula is C13H11Cl2NO2S. The number of halogens is 2. The minimum Gasteiger partial charge on any atom is -0.386 e. The van der Waals surface area contributed by atoms with Crippen LogP contribution in [0.15, 0.2) is 35.7 Å². The quantitative estimate of drug-likeness (QED) is 0.907. The highest BCUT2D eigenvalue weighted by Crippen LogP contribution is 2.24. The summed E-state index contributed by atoms with van der Waals surface area (Å²) in [7, 11) is 0. The van der Waals surface area contributed by atoms with Crippen LogP contribution >= 0.6 is 34.5 Å². The molecule has 2 N–H and O–H groups in total. The minimum absolute atomic E-state index is 0.112. The smallest absolute Gasteiger partial charge is 0.254 e. The van der Waals surface area contributed by atoms with Crippen molar-refractivity contribution >= 4 is 40.4 Å². The number of carbonyl (C=O) groups excluding carboxylic acids is 1. The second kappa shape index (κ2) is 6.39. The number of aliphatic hydroxyl groups is 1. The first kappa shape index (κ1) is 14.3. The highest BCUT2D eigenvalue weighted by atomic mass is 35.5. The van der Waals surface area contributed by atoms with Gasteiger partial charge in [-0.2, -0.15) is 0 Å². The molecule has 2 rings (SSSR count). The van der Waals surface area contributed by atoms with Gasteiger partial charge in [0.25, 0.3) is 5.91 Å². The van der Waals surface area contributed by atoms with Crippen LogP contribution in [0, 0.1) is 0 Å². The lowest BCUT2D eigenvalue weighted by Gasteiger charge is -2.11. The zero-order valence-corrected chi connectivity index (χ0v) is 12.1. The molecule has 0 aliphatic carbocycles. The Hall–Kier alpha value is -1.07. The Morgan fingerprint density at radius 1 is 1.26 bits per heavy atom. The molecule has 0 aliphatic heterocycles. The lowest BCUT2D eigenvalue weighted by molar-refractivity contribution is 0.0918. The number of thiophene rings is 1. The minimum atomic E-state index is -0.731. The lowest BCUT2D eigenvalue weighted by atomic mass is 10.2. The summed E-state index contributed by atoms with van der Waals surface area (Å²) < 4.78 is 0. The van der Waals surface area contributed by atoms with Gasteiger partial charge in [0.15, 0.2) is 0 Å². The van der Waals surface area contributed by atoms with E-state index in [1.807, 2.05) is 17.5 Å². The van der Waals surface area contributed by atoms with Crippen LogP contribution in [0.1, 0.15) is 21.3 Å². The normalized spacial score (nSPS) is 12.2. The van der Waals surface area contributed by atoms with Gasteiger partial charge in [-0.3, -0.25) is 4.79 Å². The van der Waals surface area contributed by atoms with Crippen LogP contribution in [0.5, 0.6) is 0 Å². The van der Waals surface area contributed by atoms with Crippen molar-refractivity contribution in [1.29, 1.82) is 0 Å². The topological polar surface area (TPSA) is 49.3 Å². The van der Waals surface area contributed by atoms with E-state index in [0.717, 1.165) is 4.88 Å². The second-order valence-corrected chi connectivity index (χ2v) is 5.63. The molecule has 1 atom stereocenters. The Labute approximate surface area is 124 Å². The Morgan fingerprint density at radius 3 is 2.53 bits per heavy atom. The summed E-state index contributed by atoms with van der Waals surface area (Å²) in [6.07, 6.45) is -0.731. The molecule has 0 bridgehead atoms. The van der Waals surface area contributed by atoms with Gasteiger partial charge in [0.2, 0.25) is 0 Å².